The minimum atomic E-state index is -1.17. The fourth-order valence-electron chi connectivity index (χ4n) is 3.39. The van der Waals surface area contributed by atoms with Crippen LogP contribution >= 0.6 is 0 Å². The van der Waals surface area contributed by atoms with E-state index in [1.54, 1.807) is 54.7 Å². The normalized spacial score (nSPS) is 22.6. The first-order valence-electron chi connectivity index (χ1n) is 9.98. The van der Waals surface area contributed by atoms with Crippen molar-refractivity contribution >= 4 is 11.7 Å². The van der Waals surface area contributed by atoms with Gasteiger partial charge in [-0.2, -0.15) is 4.98 Å². The van der Waals surface area contributed by atoms with Crippen LogP contribution in [0.3, 0.4) is 0 Å². The molecule has 1 aliphatic rings. The van der Waals surface area contributed by atoms with E-state index in [9.17, 15) is 19.8 Å². The lowest BCUT2D eigenvalue weighted by Crippen LogP contribution is -2.38. The van der Waals surface area contributed by atoms with E-state index in [2.05, 4.69) is 15.3 Å². The predicted molar refractivity (Wildman–Crippen MR) is 113 cm³/mol. The Labute approximate surface area is 183 Å². The molecule has 3 N–H and O–H groups in total. The number of hydrogen-bond donors (Lipinski definition) is 3. The van der Waals surface area contributed by atoms with Crippen LogP contribution < -0.4 is 11.0 Å². The average Bonchev–Trinajstić information content (AvgIpc) is 3.14. The summed E-state index contributed by atoms with van der Waals surface area (Å²) in [5.41, 5.74) is 0.350. The number of carbonyl (C=O) groups is 1. The Morgan fingerprint density at radius 1 is 1.16 bits per heavy atom. The molecule has 1 aliphatic heterocycles. The number of aromatic nitrogens is 3. The highest BCUT2D eigenvalue weighted by molar-refractivity contribution is 6.03. The van der Waals surface area contributed by atoms with E-state index < -0.39 is 42.7 Å². The third-order valence-electron chi connectivity index (χ3n) is 5.02. The molecule has 1 fully saturated rings. The van der Waals surface area contributed by atoms with Crippen molar-refractivity contribution in [3.8, 4) is 0 Å². The van der Waals surface area contributed by atoms with E-state index in [1.807, 2.05) is 0 Å². The van der Waals surface area contributed by atoms with Gasteiger partial charge in [0.25, 0.3) is 5.91 Å². The summed E-state index contributed by atoms with van der Waals surface area (Å²) in [5.74, 6) is -0.331. The smallest absolute Gasteiger partial charge is 0.351 e. The molecule has 0 aliphatic carbocycles. The molecular formula is C22H22N4O6. The van der Waals surface area contributed by atoms with Crippen molar-refractivity contribution in [1.29, 1.82) is 0 Å². The number of ether oxygens (including phenoxy) is 2. The Morgan fingerprint density at radius 2 is 1.94 bits per heavy atom. The number of nitrogens with zero attached hydrogens (tertiary/aromatic N) is 3. The Kier molecular flexibility index (Phi) is 6.66. The molecule has 0 bridgehead atoms. The first-order valence-corrected chi connectivity index (χ1v) is 9.98. The average molecular weight is 438 g/mol. The van der Waals surface area contributed by atoms with Crippen LogP contribution in [0.1, 0.15) is 22.3 Å². The van der Waals surface area contributed by atoms with Gasteiger partial charge in [-0.1, -0.05) is 24.3 Å². The number of aliphatic hydroxyl groups is 2. The molecule has 4 rings (SSSR count). The van der Waals surface area contributed by atoms with Crippen LogP contribution in [0.5, 0.6) is 0 Å². The Balaban J connectivity index is 1.52. The molecule has 1 aromatic carbocycles. The quantitative estimate of drug-likeness (QED) is 0.491. The van der Waals surface area contributed by atoms with E-state index in [0.717, 1.165) is 4.57 Å². The lowest BCUT2D eigenvalue weighted by Gasteiger charge is -2.22. The van der Waals surface area contributed by atoms with E-state index in [-0.39, 0.29) is 12.4 Å². The maximum atomic E-state index is 12.7. The second kappa shape index (κ2) is 9.79. The van der Waals surface area contributed by atoms with Gasteiger partial charge in [0.2, 0.25) is 0 Å². The van der Waals surface area contributed by atoms with Crippen LogP contribution in [-0.2, 0) is 16.1 Å². The van der Waals surface area contributed by atoms with Crippen LogP contribution in [0.15, 0.2) is 71.8 Å². The summed E-state index contributed by atoms with van der Waals surface area (Å²) >= 11 is 0. The van der Waals surface area contributed by atoms with Crippen LogP contribution in [0.4, 0.5) is 5.82 Å². The Hall–Kier alpha value is -3.44. The second-order valence-corrected chi connectivity index (χ2v) is 7.16. The minimum Gasteiger partial charge on any atom is -0.394 e. The van der Waals surface area contributed by atoms with Crippen molar-refractivity contribution in [2.24, 2.45) is 0 Å². The van der Waals surface area contributed by atoms with Crippen LogP contribution in [0.25, 0.3) is 0 Å². The maximum absolute atomic E-state index is 12.7. The monoisotopic (exact) mass is 438 g/mol. The van der Waals surface area contributed by atoms with Gasteiger partial charge in [0.1, 0.15) is 24.1 Å². The fourth-order valence-corrected chi connectivity index (χ4v) is 3.39. The predicted octanol–water partition coefficient (Wildman–Crippen LogP) is 0.727. The molecule has 10 heteroatoms. The zero-order valence-electron chi connectivity index (χ0n) is 16.9. The van der Waals surface area contributed by atoms with Gasteiger partial charge in [-0.15, -0.1) is 0 Å². The maximum Gasteiger partial charge on any atom is 0.351 e. The SMILES string of the molecule is O=C(Nc1ccn([C@@H]2O[C@H](CO)C(O)[C@@H]2OCc2ccccn2)c(=O)n1)c1ccccc1. The highest BCUT2D eigenvalue weighted by Crippen LogP contribution is 2.31. The molecule has 3 heterocycles. The van der Waals surface area contributed by atoms with Gasteiger partial charge in [0.15, 0.2) is 6.23 Å². The first-order chi connectivity index (χ1) is 15.6. The van der Waals surface area contributed by atoms with Gasteiger partial charge in [0, 0.05) is 18.0 Å². The van der Waals surface area contributed by atoms with Crippen LogP contribution in [-0.4, -0.2) is 55.6 Å². The molecule has 0 saturated carbocycles. The summed E-state index contributed by atoms with van der Waals surface area (Å²) in [6.45, 7) is -0.373. The molecule has 4 atom stereocenters. The van der Waals surface area contributed by atoms with Gasteiger partial charge in [-0.3, -0.25) is 14.3 Å². The number of rotatable bonds is 7. The fraction of sp³-hybridized carbons (Fsp3) is 0.273. The van der Waals surface area contributed by atoms with Crippen molar-refractivity contribution in [2.45, 2.75) is 31.1 Å². The van der Waals surface area contributed by atoms with Crippen molar-refractivity contribution in [1.82, 2.24) is 14.5 Å². The minimum absolute atomic E-state index is 0.0725. The van der Waals surface area contributed by atoms with Gasteiger partial charge < -0.3 is 25.0 Å². The number of nitrogens with one attached hydrogen (secondary N) is 1. The van der Waals surface area contributed by atoms with E-state index in [1.165, 1.54) is 12.3 Å². The number of anilines is 1. The van der Waals surface area contributed by atoms with E-state index in [4.69, 9.17) is 9.47 Å². The summed E-state index contributed by atoms with van der Waals surface area (Å²) < 4.78 is 12.6. The molecule has 1 amide bonds. The molecule has 1 unspecified atom stereocenters. The zero-order chi connectivity index (χ0) is 22.5. The molecule has 2 aromatic heterocycles. The highest BCUT2D eigenvalue weighted by atomic mass is 16.6. The van der Waals surface area contributed by atoms with Crippen molar-refractivity contribution in [3.63, 3.8) is 0 Å². The van der Waals surface area contributed by atoms with Crippen LogP contribution in [0, 0.1) is 0 Å². The van der Waals surface area contributed by atoms with Crippen molar-refractivity contribution in [2.75, 3.05) is 11.9 Å². The second-order valence-electron chi connectivity index (χ2n) is 7.16. The standard InChI is InChI=1S/C22H22N4O6/c27-12-16-18(28)19(31-13-15-8-4-5-10-23-15)21(32-16)26-11-9-17(25-22(26)30)24-20(29)14-6-2-1-3-7-14/h1-11,16,18-19,21,27-28H,12-13H2,(H,24,25,29,30)/t16-,18?,19+,21-/m1/s1. The van der Waals surface area contributed by atoms with Gasteiger partial charge in [-0.05, 0) is 30.3 Å². The van der Waals surface area contributed by atoms with Crippen LogP contribution in [0.2, 0.25) is 0 Å². The summed E-state index contributed by atoms with van der Waals surface area (Å²) in [6.07, 6.45) is -1.06. The first kappa shape index (κ1) is 21.8. The molecule has 10 nitrogen and oxygen atoms in total. The van der Waals surface area contributed by atoms with Crippen molar-refractivity contribution in [3.05, 3.63) is 88.7 Å². The lowest BCUT2D eigenvalue weighted by molar-refractivity contribution is -0.0802. The summed E-state index contributed by atoms with van der Waals surface area (Å²) in [4.78, 5) is 33.0. The third-order valence-corrected chi connectivity index (χ3v) is 5.02. The molecule has 1 saturated heterocycles. The topological polar surface area (TPSA) is 136 Å². The number of amides is 1. The summed E-state index contributed by atoms with van der Waals surface area (Å²) in [5, 5.41) is 22.6. The summed E-state index contributed by atoms with van der Waals surface area (Å²) in [6, 6.07) is 15.3. The van der Waals surface area contributed by atoms with Crippen molar-refractivity contribution < 1.29 is 24.5 Å². The molecular weight excluding hydrogens is 416 g/mol. The number of benzene rings is 1. The third kappa shape index (κ3) is 4.73. The molecule has 0 spiro atoms. The molecule has 166 valence electrons. The highest BCUT2D eigenvalue weighted by Gasteiger charge is 2.45. The molecule has 3 aromatic rings. The number of pyridine rings is 1. The Bertz CT molecular complexity index is 1110. The summed E-state index contributed by atoms with van der Waals surface area (Å²) in [7, 11) is 0. The molecule has 0 radical (unpaired) electrons. The largest absolute Gasteiger partial charge is 0.394 e. The number of carbonyl (C=O) groups excluding carboxylic acids is 1. The number of aliphatic hydroxyl groups excluding tert-OH is 2. The molecule has 32 heavy (non-hydrogen) atoms. The number of hydrogen-bond acceptors (Lipinski definition) is 8. The van der Waals surface area contributed by atoms with E-state index in [0.29, 0.717) is 11.3 Å². The van der Waals surface area contributed by atoms with Gasteiger partial charge in [0.05, 0.1) is 18.9 Å². The van der Waals surface area contributed by atoms with Gasteiger partial charge in [-0.25, -0.2) is 4.79 Å². The van der Waals surface area contributed by atoms with Gasteiger partial charge >= 0.3 is 5.69 Å². The Morgan fingerprint density at radius 3 is 2.62 bits per heavy atom. The lowest BCUT2D eigenvalue weighted by atomic mass is 10.1. The van der Waals surface area contributed by atoms with E-state index >= 15 is 0 Å². The zero-order valence-corrected chi connectivity index (χ0v) is 16.9.